The summed E-state index contributed by atoms with van der Waals surface area (Å²) in [6, 6.07) is 4.16. The highest BCUT2D eigenvalue weighted by molar-refractivity contribution is 7.80. The van der Waals surface area contributed by atoms with E-state index < -0.39 is 11.4 Å². The number of nitrogens with one attached hydrogen (secondary N) is 1. The first-order chi connectivity index (χ1) is 8.30. The van der Waals surface area contributed by atoms with Crippen molar-refractivity contribution < 1.29 is 9.90 Å². The molecule has 1 unspecified atom stereocenters. The van der Waals surface area contributed by atoms with Crippen molar-refractivity contribution in [2.45, 2.75) is 25.8 Å². The summed E-state index contributed by atoms with van der Waals surface area (Å²) in [5.41, 5.74) is 5.02. The van der Waals surface area contributed by atoms with Crippen molar-refractivity contribution in [2.24, 2.45) is 5.73 Å². The highest BCUT2D eigenvalue weighted by atomic mass is 35.5. The van der Waals surface area contributed by atoms with E-state index in [1.165, 1.54) is 18.2 Å². The van der Waals surface area contributed by atoms with Crippen molar-refractivity contribution in [1.82, 2.24) is 5.32 Å². The number of thiocarbonyl (C=S) groups is 1. The molecule has 98 valence electrons. The first-order valence-electron chi connectivity index (χ1n) is 5.41. The smallest absolute Gasteiger partial charge is 0.253 e. The van der Waals surface area contributed by atoms with Crippen molar-refractivity contribution >= 4 is 34.7 Å². The Morgan fingerprint density at radius 1 is 1.61 bits per heavy atom. The van der Waals surface area contributed by atoms with Crippen LogP contribution in [0.1, 0.15) is 30.6 Å². The summed E-state index contributed by atoms with van der Waals surface area (Å²) in [5, 5.41) is 12.3. The molecule has 0 saturated heterocycles. The van der Waals surface area contributed by atoms with Gasteiger partial charge in [-0.05, 0) is 31.5 Å². The van der Waals surface area contributed by atoms with Gasteiger partial charge in [0.1, 0.15) is 5.75 Å². The predicted octanol–water partition coefficient (Wildman–Crippen LogP) is 2.23. The lowest BCUT2D eigenvalue weighted by molar-refractivity contribution is 0.0926. The van der Waals surface area contributed by atoms with Crippen LogP contribution in [0.25, 0.3) is 0 Å². The van der Waals surface area contributed by atoms with Gasteiger partial charge < -0.3 is 16.2 Å². The highest BCUT2D eigenvalue weighted by Gasteiger charge is 2.28. The van der Waals surface area contributed by atoms with Crippen LogP contribution in [0, 0.1) is 0 Å². The summed E-state index contributed by atoms with van der Waals surface area (Å²) >= 11 is 10.8. The molecule has 0 saturated carbocycles. The fraction of sp³-hybridized carbons (Fsp3) is 0.333. The third-order valence-corrected chi connectivity index (χ3v) is 3.62. The molecular weight excluding hydrogens is 272 g/mol. The van der Waals surface area contributed by atoms with Crippen molar-refractivity contribution in [1.29, 1.82) is 0 Å². The summed E-state index contributed by atoms with van der Waals surface area (Å²) in [4.78, 5) is 12.3. The molecule has 1 rings (SSSR count). The minimum absolute atomic E-state index is 0.0296. The van der Waals surface area contributed by atoms with Gasteiger partial charge in [0.15, 0.2) is 0 Å². The van der Waals surface area contributed by atoms with Gasteiger partial charge in [-0.1, -0.05) is 30.7 Å². The molecule has 18 heavy (non-hydrogen) atoms. The Kier molecular flexibility index (Phi) is 4.53. The number of rotatable bonds is 4. The predicted molar refractivity (Wildman–Crippen MR) is 76.1 cm³/mol. The van der Waals surface area contributed by atoms with Crippen LogP contribution in [0.5, 0.6) is 5.75 Å². The summed E-state index contributed by atoms with van der Waals surface area (Å²) in [5.74, 6) is -0.453. The Hall–Kier alpha value is -1.33. The third kappa shape index (κ3) is 3.11. The second-order valence-electron chi connectivity index (χ2n) is 4.17. The molecule has 4 nitrogen and oxygen atoms in total. The zero-order chi connectivity index (χ0) is 13.9. The Morgan fingerprint density at radius 3 is 2.72 bits per heavy atom. The maximum atomic E-state index is 12.1. The van der Waals surface area contributed by atoms with Crippen LogP contribution >= 0.6 is 23.8 Å². The van der Waals surface area contributed by atoms with E-state index in [0.29, 0.717) is 6.42 Å². The van der Waals surface area contributed by atoms with E-state index in [-0.39, 0.29) is 21.3 Å². The number of phenolic OH excluding ortho intramolecular Hbond substituents is 1. The number of phenols is 1. The Balaban J connectivity index is 3.02. The first kappa shape index (κ1) is 14.7. The van der Waals surface area contributed by atoms with E-state index in [1.807, 2.05) is 6.92 Å². The molecule has 0 aliphatic heterocycles. The fourth-order valence-corrected chi connectivity index (χ4v) is 1.73. The molecular formula is C12H15ClN2O2S. The minimum Gasteiger partial charge on any atom is -0.508 e. The monoisotopic (exact) mass is 286 g/mol. The quantitative estimate of drug-likeness (QED) is 0.742. The fourth-order valence-electron chi connectivity index (χ4n) is 1.33. The van der Waals surface area contributed by atoms with Gasteiger partial charge >= 0.3 is 0 Å². The summed E-state index contributed by atoms with van der Waals surface area (Å²) in [6.07, 6.45) is 0.560. The number of amides is 1. The number of nitrogens with two attached hydrogens (primary N) is 1. The molecule has 1 amide bonds. The molecule has 0 aromatic heterocycles. The lowest BCUT2D eigenvalue weighted by Crippen LogP contribution is -2.54. The highest BCUT2D eigenvalue weighted by Crippen LogP contribution is 2.22. The minimum atomic E-state index is -0.777. The largest absolute Gasteiger partial charge is 0.508 e. The molecule has 0 radical (unpaired) electrons. The van der Waals surface area contributed by atoms with E-state index in [9.17, 15) is 9.90 Å². The van der Waals surface area contributed by atoms with Crippen LogP contribution in [0.15, 0.2) is 18.2 Å². The van der Waals surface area contributed by atoms with Gasteiger partial charge in [-0.25, -0.2) is 0 Å². The summed E-state index contributed by atoms with van der Waals surface area (Å²) in [7, 11) is 0. The first-order valence-corrected chi connectivity index (χ1v) is 6.19. The zero-order valence-electron chi connectivity index (χ0n) is 10.2. The molecule has 1 aromatic carbocycles. The average Bonchev–Trinajstić information content (AvgIpc) is 2.31. The average molecular weight is 287 g/mol. The number of halogens is 1. The van der Waals surface area contributed by atoms with Gasteiger partial charge in [0.2, 0.25) is 0 Å². The van der Waals surface area contributed by atoms with Crippen molar-refractivity contribution in [2.75, 3.05) is 0 Å². The Morgan fingerprint density at radius 2 is 2.22 bits per heavy atom. The van der Waals surface area contributed by atoms with Gasteiger partial charge in [-0.3, -0.25) is 4.79 Å². The van der Waals surface area contributed by atoms with Gasteiger partial charge in [-0.15, -0.1) is 0 Å². The van der Waals surface area contributed by atoms with E-state index in [1.54, 1.807) is 6.92 Å². The standard InChI is InChI=1S/C12H15ClN2O2S/c1-3-12(2,11(14)18)15-10(17)8-6-7(16)4-5-9(8)13/h4-6,16H,3H2,1-2H3,(H2,14,18)(H,15,17). The molecule has 0 bridgehead atoms. The number of hydrogen-bond donors (Lipinski definition) is 3. The van der Waals surface area contributed by atoms with Gasteiger partial charge in [0.25, 0.3) is 5.91 Å². The lowest BCUT2D eigenvalue weighted by atomic mass is 9.98. The molecule has 1 aromatic rings. The SMILES string of the molecule is CCC(C)(NC(=O)c1cc(O)ccc1Cl)C(N)=S. The van der Waals surface area contributed by atoms with Crippen LogP contribution in [0.2, 0.25) is 5.02 Å². The van der Waals surface area contributed by atoms with Gasteiger partial charge in [0.05, 0.1) is 21.1 Å². The molecule has 4 N–H and O–H groups in total. The van der Waals surface area contributed by atoms with Crippen LogP contribution in [-0.2, 0) is 0 Å². The van der Waals surface area contributed by atoms with Crippen molar-refractivity contribution in [3.05, 3.63) is 28.8 Å². The number of carbonyl (C=O) groups is 1. The Labute approximate surface area is 116 Å². The van der Waals surface area contributed by atoms with Crippen molar-refractivity contribution in [3.63, 3.8) is 0 Å². The third-order valence-electron chi connectivity index (χ3n) is 2.83. The Bertz CT molecular complexity index is 493. The normalized spacial score (nSPS) is 13.7. The van der Waals surface area contributed by atoms with E-state index in [2.05, 4.69) is 5.32 Å². The van der Waals surface area contributed by atoms with E-state index >= 15 is 0 Å². The van der Waals surface area contributed by atoms with Crippen LogP contribution in [-0.4, -0.2) is 21.5 Å². The van der Waals surface area contributed by atoms with Gasteiger partial charge in [-0.2, -0.15) is 0 Å². The lowest BCUT2D eigenvalue weighted by Gasteiger charge is -2.28. The second-order valence-corrected chi connectivity index (χ2v) is 5.02. The van der Waals surface area contributed by atoms with Crippen LogP contribution in [0.3, 0.4) is 0 Å². The molecule has 0 spiro atoms. The number of carbonyl (C=O) groups excluding carboxylic acids is 1. The summed E-state index contributed by atoms with van der Waals surface area (Å²) in [6.45, 7) is 3.60. The van der Waals surface area contributed by atoms with Crippen LogP contribution < -0.4 is 11.1 Å². The molecule has 0 heterocycles. The van der Waals surface area contributed by atoms with E-state index in [4.69, 9.17) is 29.6 Å². The second kappa shape index (κ2) is 5.54. The number of benzene rings is 1. The number of hydrogen-bond acceptors (Lipinski definition) is 3. The van der Waals surface area contributed by atoms with Gasteiger partial charge in [0, 0.05) is 0 Å². The topological polar surface area (TPSA) is 75.3 Å². The molecule has 0 aliphatic carbocycles. The molecule has 0 aliphatic rings. The molecule has 6 heteroatoms. The van der Waals surface area contributed by atoms with E-state index in [0.717, 1.165) is 0 Å². The van der Waals surface area contributed by atoms with Crippen molar-refractivity contribution in [3.8, 4) is 5.75 Å². The molecule has 1 atom stereocenters. The zero-order valence-corrected chi connectivity index (χ0v) is 11.7. The van der Waals surface area contributed by atoms with Crippen LogP contribution in [0.4, 0.5) is 0 Å². The molecule has 0 fully saturated rings. The maximum Gasteiger partial charge on any atom is 0.253 e. The maximum absolute atomic E-state index is 12.1. The summed E-state index contributed by atoms with van der Waals surface area (Å²) < 4.78 is 0. The number of aromatic hydroxyl groups is 1.